The van der Waals surface area contributed by atoms with E-state index in [4.69, 9.17) is 4.98 Å². The number of imide groups is 2. The van der Waals surface area contributed by atoms with Gasteiger partial charge >= 0.3 is 0 Å². The van der Waals surface area contributed by atoms with E-state index in [1.54, 1.807) is 47.0 Å². The zero-order valence-electron chi connectivity index (χ0n) is 31.2. The molecular formula is C40H41N9O7. The third-order valence-corrected chi connectivity index (χ3v) is 11.4. The van der Waals surface area contributed by atoms with E-state index >= 15 is 0 Å². The smallest absolute Gasteiger partial charge is 0.263 e. The van der Waals surface area contributed by atoms with Crippen molar-refractivity contribution in [2.75, 3.05) is 36.4 Å². The van der Waals surface area contributed by atoms with E-state index < -0.39 is 29.7 Å². The van der Waals surface area contributed by atoms with Crippen molar-refractivity contribution in [1.82, 2.24) is 34.6 Å². The van der Waals surface area contributed by atoms with Gasteiger partial charge in [-0.3, -0.25) is 48.3 Å². The van der Waals surface area contributed by atoms with Gasteiger partial charge in [-0.15, -0.1) is 0 Å². The quantitative estimate of drug-likeness (QED) is 0.187. The number of amides is 5. The van der Waals surface area contributed by atoms with Gasteiger partial charge in [0.25, 0.3) is 17.4 Å². The second-order valence-electron chi connectivity index (χ2n) is 14.8. The maximum Gasteiger partial charge on any atom is 0.263 e. The molecule has 4 aliphatic rings. The number of piperidine rings is 1. The number of anilines is 3. The van der Waals surface area contributed by atoms with Gasteiger partial charge in [0, 0.05) is 56.6 Å². The molecule has 0 bridgehead atoms. The summed E-state index contributed by atoms with van der Waals surface area (Å²) >= 11 is 0. The number of pyridine rings is 2. The van der Waals surface area contributed by atoms with Crippen molar-refractivity contribution in [3.05, 3.63) is 80.9 Å². The molecule has 6 heterocycles. The van der Waals surface area contributed by atoms with E-state index in [-0.39, 0.29) is 71.6 Å². The number of fused-ring (bicyclic) bond motifs is 2. The number of aryl methyl sites for hydroxylation is 2. The fourth-order valence-corrected chi connectivity index (χ4v) is 8.48. The summed E-state index contributed by atoms with van der Waals surface area (Å²) in [7, 11) is 0. The molecule has 0 spiro atoms. The minimum atomic E-state index is -1.05. The van der Waals surface area contributed by atoms with Gasteiger partial charge in [0.05, 0.1) is 28.6 Å². The minimum Gasteiger partial charge on any atom is -0.367 e. The molecule has 2 saturated heterocycles. The molecule has 0 radical (unpaired) electrons. The number of carbonyl (C=O) groups excluding carboxylic acids is 6. The summed E-state index contributed by atoms with van der Waals surface area (Å²) in [6, 6.07) is 7.61. The molecule has 1 atom stereocenters. The molecule has 1 saturated carbocycles. The number of benzene rings is 1. The second-order valence-corrected chi connectivity index (χ2v) is 14.8. The van der Waals surface area contributed by atoms with Gasteiger partial charge in [-0.1, -0.05) is 25.0 Å². The summed E-state index contributed by atoms with van der Waals surface area (Å²) in [5, 5.41) is 6.03. The number of rotatable bonds is 9. The van der Waals surface area contributed by atoms with Crippen LogP contribution in [0.4, 0.5) is 17.5 Å². The topological polar surface area (TPSA) is 197 Å². The zero-order valence-corrected chi connectivity index (χ0v) is 31.2. The van der Waals surface area contributed by atoms with E-state index in [0.717, 1.165) is 36.3 Å². The maximum absolute atomic E-state index is 13.5. The van der Waals surface area contributed by atoms with Crippen LogP contribution in [0.2, 0.25) is 0 Å². The van der Waals surface area contributed by atoms with Gasteiger partial charge in [-0.2, -0.15) is 4.98 Å². The Kier molecular flexibility index (Phi) is 9.64. The summed E-state index contributed by atoms with van der Waals surface area (Å²) in [4.78, 5) is 109. The number of hydrogen-bond acceptors (Lipinski definition) is 12. The van der Waals surface area contributed by atoms with Crippen LogP contribution in [0.25, 0.3) is 11.0 Å². The lowest BCUT2D eigenvalue weighted by molar-refractivity contribution is -0.136. The van der Waals surface area contributed by atoms with Gasteiger partial charge < -0.3 is 15.1 Å². The Labute approximate surface area is 321 Å². The summed E-state index contributed by atoms with van der Waals surface area (Å²) in [5.74, 6) is -1.80. The minimum absolute atomic E-state index is 0.0262. The van der Waals surface area contributed by atoms with Crippen LogP contribution in [0, 0.1) is 6.92 Å². The van der Waals surface area contributed by atoms with Crippen LogP contribution < -0.4 is 21.1 Å². The molecule has 1 aliphatic carbocycles. The molecule has 16 heteroatoms. The van der Waals surface area contributed by atoms with Gasteiger partial charge in [0.1, 0.15) is 17.5 Å². The maximum atomic E-state index is 13.5. The van der Waals surface area contributed by atoms with Crippen molar-refractivity contribution in [1.29, 1.82) is 0 Å². The lowest BCUT2D eigenvalue weighted by Gasteiger charge is -2.36. The summed E-state index contributed by atoms with van der Waals surface area (Å²) in [6.45, 7) is 5.33. The van der Waals surface area contributed by atoms with Crippen LogP contribution in [-0.4, -0.2) is 96.9 Å². The Hall–Kier alpha value is -6.32. The van der Waals surface area contributed by atoms with Crippen LogP contribution in [0.1, 0.15) is 100 Å². The fraction of sp³-hybridized carbons (Fsp3) is 0.400. The second kappa shape index (κ2) is 14.7. The average molecular weight is 760 g/mol. The Morgan fingerprint density at radius 3 is 2.38 bits per heavy atom. The fourth-order valence-electron chi connectivity index (χ4n) is 8.48. The van der Waals surface area contributed by atoms with Crippen molar-refractivity contribution in [3.8, 4) is 0 Å². The van der Waals surface area contributed by atoms with E-state index in [1.165, 1.54) is 6.92 Å². The zero-order chi connectivity index (χ0) is 39.2. The molecule has 1 aromatic carbocycles. The van der Waals surface area contributed by atoms with Gasteiger partial charge in [-0.05, 0) is 68.9 Å². The van der Waals surface area contributed by atoms with Crippen molar-refractivity contribution in [2.45, 2.75) is 77.3 Å². The molecule has 3 aliphatic heterocycles. The number of piperazine rings is 1. The first-order valence-electron chi connectivity index (χ1n) is 19.0. The Balaban J connectivity index is 0.886. The number of Topliss-reactive ketones (excluding diaryl/α,β-unsaturated/α-hetero) is 1. The average Bonchev–Trinajstić information content (AvgIpc) is 3.80. The standard InChI is InChI=1S/C40H41N9O7/c1-22-28-21-42-40(45-35(28)48(25-7-3-4-8-25)38(55)33(22)23(2)50)43-30-13-11-26(20-41-30)46-16-18-47(19-17-46)32(52)15-10-24-6-5-9-27-34(24)39(56)49(37(27)54)29-12-14-31(51)44-36(29)53/h5-6,9,11,13,20-21,25,29H,3-4,7-8,10,12,14-19H2,1-2H3,(H,44,51,53)(H,41,42,43,45). The summed E-state index contributed by atoms with van der Waals surface area (Å²) < 4.78 is 1.68. The highest BCUT2D eigenvalue weighted by Crippen LogP contribution is 2.33. The monoisotopic (exact) mass is 759 g/mol. The van der Waals surface area contributed by atoms with Gasteiger partial charge in [0.15, 0.2) is 5.78 Å². The van der Waals surface area contributed by atoms with Crippen LogP contribution in [0.3, 0.4) is 0 Å². The van der Waals surface area contributed by atoms with E-state index in [0.29, 0.717) is 54.2 Å². The molecule has 3 aromatic heterocycles. The SMILES string of the molecule is CC(=O)c1c(C)c2cnc(Nc3ccc(N4CCN(C(=O)CCc5cccc6c5C(=O)N(C5CCC(=O)NC5=O)C6=O)CC4)cn3)nc2n(C2CCCC2)c1=O. The van der Waals surface area contributed by atoms with Crippen molar-refractivity contribution < 1.29 is 28.8 Å². The third-order valence-electron chi connectivity index (χ3n) is 11.4. The van der Waals surface area contributed by atoms with Crippen molar-refractivity contribution >= 4 is 63.8 Å². The highest BCUT2D eigenvalue weighted by atomic mass is 16.2. The molecule has 3 fully saturated rings. The highest BCUT2D eigenvalue weighted by molar-refractivity contribution is 6.24. The number of hydrogen-bond donors (Lipinski definition) is 2. The number of aromatic nitrogens is 4. The highest BCUT2D eigenvalue weighted by Gasteiger charge is 2.45. The third kappa shape index (κ3) is 6.58. The lowest BCUT2D eigenvalue weighted by Crippen LogP contribution is -2.54. The first-order valence-corrected chi connectivity index (χ1v) is 19.0. The summed E-state index contributed by atoms with van der Waals surface area (Å²) in [6.07, 6.45) is 7.62. The summed E-state index contributed by atoms with van der Waals surface area (Å²) in [5.41, 5.74) is 2.81. The van der Waals surface area contributed by atoms with E-state index in [9.17, 15) is 33.6 Å². The molecule has 5 amide bonds. The Bertz CT molecular complexity index is 2380. The normalized spacial score (nSPS) is 18.8. The van der Waals surface area contributed by atoms with Crippen molar-refractivity contribution in [3.63, 3.8) is 0 Å². The number of carbonyl (C=O) groups is 6. The Morgan fingerprint density at radius 2 is 1.68 bits per heavy atom. The van der Waals surface area contributed by atoms with Crippen molar-refractivity contribution in [2.24, 2.45) is 0 Å². The van der Waals surface area contributed by atoms with Gasteiger partial charge in [-0.25, -0.2) is 9.97 Å². The Morgan fingerprint density at radius 1 is 0.911 bits per heavy atom. The van der Waals surface area contributed by atoms with Crippen LogP contribution in [0.5, 0.6) is 0 Å². The molecule has 8 rings (SSSR count). The molecule has 56 heavy (non-hydrogen) atoms. The lowest BCUT2D eigenvalue weighted by atomic mass is 9.98. The van der Waals surface area contributed by atoms with Crippen LogP contribution in [0.15, 0.2) is 47.5 Å². The molecule has 16 nitrogen and oxygen atoms in total. The van der Waals surface area contributed by atoms with Gasteiger partial charge in [0.2, 0.25) is 23.7 Å². The predicted molar refractivity (Wildman–Crippen MR) is 204 cm³/mol. The first-order chi connectivity index (χ1) is 27.0. The molecular weight excluding hydrogens is 718 g/mol. The van der Waals surface area contributed by atoms with E-state index in [2.05, 4.69) is 25.5 Å². The number of nitrogens with one attached hydrogen (secondary N) is 2. The molecule has 2 N–H and O–H groups in total. The first kappa shape index (κ1) is 36.6. The molecule has 1 unspecified atom stereocenters. The largest absolute Gasteiger partial charge is 0.367 e. The number of nitrogens with zero attached hydrogens (tertiary/aromatic N) is 7. The van der Waals surface area contributed by atoms with E-state index in [1.807, 2.05) is 12.1 Å². The number of ketones is 1. The molecule has 288 valence electrons. The molecule has 4 aromatic rings. The van der Waals surface area contributed by atoms with Crippen LogP contribution >= 0.6 is 0 Å². The van der Waals surface area contributed by atoms with Crippen LogP contribution in [-0.2, 0) is 20.8 Å². The predicted octanol–water partition coefficient (Wildman–Crippen LogP) is 3.24.